The second-order valence-corrected chi connectivity index (χ2v) is 5.80. The molecule has 0 aliphatic heterocycles. The van der Waals surface area contributed by atoms with Crippen LogP contribution in [0, 0.1) is 0 Å². The smallest absolute Gasteiger partial charge is 0.122 e. The molecule has 0 aliphatic carbocycles. The van der Waals surface area contributed by atoms with Gasteiger partial charge in [-0.15, -0.1) is 11.3 Å². The van der Waals surface area contributed by atoms with Crippen molar-refractivity contribution in [3.63, 3.8) is 0 Å². The zero-order valence-electron chi connectivity index (χ0n) is 11.7. The Bertz CT molecular complexity index is 495. The van der Waals surface area contributed by atoms with Gasteiger partial charge in [-0.05, 0) is 43.3 Å². The number of methoxy groups -OCH3 is 1. The Labute approximate surface area is 119 Å². The summed E-state index contributed by atoms with van der Waals surface area (Å²) in [7, 11) is 1.73. The zero-order chi connectivity index (χ0) is 13.7. The Morgan fingerprint density at radius 3 is 2.63 bits per heavy atom. The minimum Gasteiger partial charge on any atom is -0.496 e. The van der Waals surface area contributed by atoms with E-state index >= 15 is 0 Å². The van der Waals surface area contributed by atoms with Crippen LogP contribution in [0.15, 0.2) is 41.8 Å². The number of nitrogens with one attached hydrogen (secondary N) is 1. The van der Waals surface area contributed by atoms with E-state index in [1.807, 2.05) is 12.1 Å². The molecule has 2 nitrogen and oxygen atoms in total. The lowest BCUT2D eigenvalue weighted by molar-refractivity contribution is 0.403. The fraction of sp³-hybridized carbons (Fsp3) is 0.375. The molecular weight excluding hydrogens is 254 g/mol. The molecule has 1 aromatic carbocycles. The first-order valence-electron chi connectivity index (χ1n) is 6.62. The summed E-state index contributed by atoms with van der Waals surface area (Å²) in [6.07, 6.45) is 0.972. The van der Waals surface area contributed by atoms with E-state index in [1.54, 1.807) is 18.4 Å². The van der Waals surface area contributed by atoms with E-state index in [-0.39, 0.29) is 0 Å². The monoisotopic (exact) mass is 275 g/mol. The van der Waals surface area contributed by atoms with Crippen LogP contribution in [-0.4, -0.2) is 13.2 Å². The molecule has 0 saturated heterocycles. The van der Waals surface area contributed by atoms with E-state index in [1.165, 1.54) is 10.4 Å². The van der Waals surface area contributed by atoms with E-state index in [0.717, 1.165) is 12.2 Å². The van der Waals surface area contributed by atoms with Crippen LogP contribution < -0.4 is 10.1 Å². The number of benzene rings is 1. The van der Waals surface area contributed by atoms with Crippen molar-refractivity contribution < 1.29 is 4.74 Å². The van der Waals surface area contributed by atoms with E-state index < -0.39 is 0 Å². The molecule has 1 heterocycles. The van der Waals surface area contributed by atoms with Crippen LogP contribution in [-0.2, 0) is 6.42 Å². The predicted octanol–water partition coefficient (Wildman–Crippen LogP) is 4.04. The minimum atomic E-state index is 0.393. The van der Waals surface area contributed by atoms with Gasteiger partial charge < -0.3 is 10.1 Å². The fourth-order valence-electron chi connectivity index (χ4n) is 2.31. The number of rotatable bonds is 6. The zero-order valence-corrected chi connectivity index (χ0v) is 12.5. The van der Waals surface area contributed by atoms with Crippen LogP contribution in [0.4, 0.5) is 0 Å². The molecule has 0 saturated carbocycles. The Morgan fingerprint density at radius 1 is 1.16 bits per heavy atom. The molecule has 0 bridgehead atoms. The highest BCUT2D eigenvalue weighted by atomic mass is 32.1. The van der Waals surface area contributed by atoms with Gasteiger partial charge in [-0.25, -0.2) is 0 Å². The van der Waals surface area contributed by atoms with Gasteiger partial charge in [0, 0.05) is 17.0 Å². The molecule has 0 spiro atoms. The van der Waals surface area contributed by atoms with Gasteiger partial charge in [0.05, 0.1) is 7.11 Å². The molecule has 2 aromatic rings. The molecule has 19 heavy (non-hydrogen) atoms. The summed E-state index contributed by atoms with van der Waals surface area (Å²) >= 11 is 1.80. The van der Waals surface area contributed by atoms with E-state index in [2.05, 4.69) is 48.8 Å². The molecule has 2 unspecified atom stereocenters. The highest BCUT2D eigenvalue weighted by Gasteiger charge is 2.12. The number of ether oxygens (including phenoxy) is 1. The molecule has 0 fully saturated rings. The summed E-state index contributed by atoms with van der Waals surface area (Å²) < 4.78 is 5.40. The molecule has 0 aliphatic rings. The maximum Gasteiger partial charge on any atom is 0.122 e. The molecule has 1 N–H and O–H groups in total. The molecule has 0 amide bonds. The maximum atomic E-state index is 5.40. The van der Waals surface area contributed by atoms with Gasteiger partial charge in [0.25, 0.3) is 0 Å². The van der Waals surface area contributed by atoms with Crippen molar-refractivity contribution in [1.82, 2.24) is 5.32 Å². The van der Waals surface area contributed by atoms with Crippen molar-refractivity contribution in [2.24, 2.45) is 0 Å². The van der Waals surface area contributed by atoms with Crippen molar-refractivity contribution in [2.75, 3.05) is 7.11 Å². The van der Waals surface area contributed by atoms with Crippen LogP contribution in [0.3, 0.4) is 0 Å². The lowest BCUT2D eigenvalue weighted by atomic mass is 10.1. The topological polar surface area (TPSA) is 21.3 Å². The van der Waals surface area contributed by atoms with Crippen LogP contribution in [0.5, 0.6) is 5.75 Å². The summed E-state index contributed by atoms with van der Waals surface area (Å²) in [5.41, 5.74) is 1.25. The van der Waals surface area contributed by atoms with E-state index in [9.17, 15) is 0 Å². The highest BCUT2D eigenvalue weighted by molar-refractivity contribution is 7.10. The van der Waals surface area contributed by atoms with Gasteiger partial charge in [-0.1, -0.05) is 24.3 Å². The second kappa shape index (κ2) is 6.73. The maximum absolute atomic E-state index is 5.40. The standard InChI is InChI=1S/C16H21NOS/c1-12(17-13(2)16-9-6-10-19-16)11-14-7-4-5-8-15(14)18-3/h4-10,12-13,17H,11H2,1-3H3. The molecule has 0 radical (unpaired) electrons. The van der Waals surface area contributed by atoms with Gasteiger partial charge in [0.2, 0.25) is 0 Å². The molecular formula is C16H21NOS. The van der Waals surface area contributed by atoms with Gasteiger partial charge in [-0.2, -0.15) is 0 Å². The van der Waals surface area contributed by atoms with Crippen LogP contribution >= 0.6 is 11.3 Å². The van der Waals surface area contributed by atoms with Crippen LogP contribution in [0.25, 0.3) is 0 Å². The third kappa shape index (κ3) is 3.82. The lowest BCUT2D eigenvalue weighted by Crippen LogP contribution is -2.30. The van der Waals surface area contributed by atoms with Gasteiger partial charge in [0.15, 0.2) is 0 Å². The van der Waals surface area contributed by atoms with Gasteiger partial charge >= 0.3 is 0 Å². The molecule has 102 valence electrons. The van der Waals surface area contributed by atoms with Crippen LogP contribution in [0.2, 0.25) is 0 Å². The van der Waals surface area contributed by atoms with Crippen molar-refractivity contribution in [1.29, 1.82) is 0 Å². The minimum absolute atomic E-state index is 0.393. The molecule has 2 atom stereocenters. The Kier molecular flexibility index (Phi) is 5.00. The third-order valence-corrected chi connectivity index (χ3v) is 4.28. The number of para-hydroxylation sites is 1. The lowest BCUT2D eigenvalue weighted by Gasteiger charge is -2.20. The first-order chi connectivity index (χ1) is 9.20. The Hall–Kier alpha value is -1.32. The van der Waals surface area contributed by atoms with Crippen molar-refractivity contribution in [3.8, 4) is 5.75 Å². The van der Waals surface area contributed by atoms with Crippen LogP contribution in [0.1, 0.15) is 30.3 Å². The summed E-state index contributed by atoms with van der Waals surface area (Å²) in [6, 6.07) is 13.3. The predicted molar refractivity (Wildman–Crippen MR) is 82.0 cm³/mol. The average molecular weight is 275 g/mol. The number of hydrogen-bond acceptors (Lipinski definition) is 3. The summed E-state index contributed by atoms with van der Waals surface area (Å²) in [5.74, 6) is 0.972. The Morgan fingerprint density at radius 2 is 1.95 bits per heavy atom. The highest BCUT2D eigenvalue weighted by Crippen LogP contribution is 2.22. The Balaban J connectivity index is 1.95. The largest absolute Gasteiger partial charge is 0.496 e. The van der Waals surface area contributed by atoms with Gasteiger partial charge in [0.1, 0.15) is 5.75 Å². The van der Waals surface area contributed by atoms with Gasteiger partial charge in [-0.3, -0.25) is 0 Å². The summed E-state index contributed by atoms with van der Waals surface area (Å²) in [6.45, 7) is 4.43. The number of hydrogen-bond donors (Lipinski definition) is 1. The van der Waals surface area contributed by atoms with Crippen molar-refractivity contribution >= 4 is 11.3 Å². The quantitative estimate of drug-likeness (QED) is 0.859. The average Bonchev–Trinajstić information content (AvgIpc) is 2.93. The van der Waals surface area contributed by atoms with Crippen molar-refractivity contribution in [3.05, 3.63) is 52.2 Å². The third-order valence-electron chi connectivity index (χ3n) is 3.22. The first-order valence-corrected chi connectivity index (χ1v) is 7.50. The SMILES string of the molecule is COc1ccccc1CC(C)NC(C)c1cccs1. The fourth-order valence-corrected chi connectivity index (χ4v) is 3.05. The van der Waals surface area contributed by atoms with E-state index in [4.69, 9.17) is 4.74 Å². The summed E-state index contributed by atoms with van der Waals surface area (Å²) in [4.78, 5) is 1.38. The molecule has 3 heteroatoms. The molecule has 1 aromatic heterocycles. The molecule has 2 rings (SSSR count). The normalized spacial score (nSPS) is 14.1. The number of thiophene rings is 1. The first kappa shape index (κ1) is 14.1. The second-order valence-electron chi connectivity index (χ2n) is 4.82. The van der Waals surface area contributed by atoms with E-state index in [0.29, 0.717) is 12.1 Å². The van der Waals surface area contributed by atoms with Crippen molar-refractivity contribution in [2.45, 2.75) is 32.4 Å². The summed E-state index contributed by atoms with van der Waals surface area (Å²) in [5, 5.41) is 5.76.